The maximum absolute atomic E-state index is 6.01. The lowest BCUT2D eigenvalue weighted by Gasteiger charge is -2.42. The SMILES string of the molecule is COC1(c2ccc(Cl)cc2)CCN(c2ccc(C)cc2)CC1. The highest BCUT2D eigenvalue weighted by Crippen LogP contribution is 2.37. The number of hydrogen-bond donors (Lipinski definition) is 0. The molecule has 0 spiro atoms. The van der Waals surface area contributed by atoms with Crippen LogP contribution in [-0.2, 0) is 10.3 Å². The van der Waals surface area contributed by atoms with E-state index in [-0.39, 0.29) is 5.60 Å². The van der Waals surface area contributed by atoms with Gasteiger partial charge in [0.05, 0.1) is 5.60 Å². The lowest BCUT2D eigenvalue weighted by Crippen LogP contribution is -2.43. The number of benzene rings is 2. The van der Waals surface area contributed by atoms with Gasteiger partial charge in [0, 0.05) is 30.9 Å². The van der Waals surface area contributed by atoms with Crippen LogP contribution in [0.4, 0.5) is 5.69 Å². The monoisotopic (exact) mass is 315 g/mol. The second-order valence-electron chi connectivity index (χ2n) is 6.03. The number of hydrogen-bond acceptors (Lipinski definition) is 2. The van der Waals surface area contributed by atoms with Crippen LogP contribution in [0.3, 0.4) is 0 Å². The fourth-order valence-corrected chi connectivity index (χ4v) is 3.37. The number of halogens is 1. The molecule has 1 fully saturated rings. The number of rotatable bonds is 3. The molecule has 0 amide bonds. The fourth-order valence-electron chi connectivity index (χ4n) is 3.25. The van der Waals surface area contributed by atoms with Crippen LogP contribution in [0.2, 0.25) is 5.02 Å². The van der Waals surface area contributed by atoms with Crippen molar-refractivity contribution in [2.24, 2.45) is 0 Å². The Labute approximate surface area is 137 Å². The first-order valence-electron chi connectivity index (χ1n) is 7.76. The average Bonchev–Trinajstić information content (AvgIpc) is 2.56. The molecule has 1 aliphatic heterocycles. The summed E-state index contributed by atoms with van der Waals surface area (Å²) in [6.07, 6.45) is 1.97. The van der Waals surface area contributed by atoms with Crippen LogP contribution in [0.15, 0.2) is 48.5 Å². The molecule has 2 aromatic carbocycles. The molecular formula is C19H22ClNO. The van der Waals surface area contributed by atoms with E-state index in [1.54, 1.807) is 0 Å². The summed E-state index contributed by atoms with van der Waals surface area (Å²) in [5.74, 6) is 0. The lowest BCUT2D eigenvalue weighted by molar-refractivity contribution is -0.0346. The molecule has 1 saturated heterocycles. The van der Waals surface area contributed by atoms with E-state index in [1.165, 1.54) is 16.8 Å². The molecule has 0 aliphatic carbocycles. The molecule has 116 valence electrons. The predicted molar refractivity (Wildman–Crippen MR) is 92.8 cm³/mol. The van der Waals surface area contributed by atoms with Gasteiger partial charge in [0.15, 0.2) is 0 Å². The molecule has 0 radical (unpaired) electrons. The molecule has 2 nitrogen and oxygen atoms in total. The van der Waals surface area contributed by atoms with E-state index in [0.717, 1.165) is 31.0 Å². The molecule has 0 unspecified atom stereocenters. The molecule has 1 aliphatic rings. The highest BCUT2D eigenvalue weighted by Gasteiger charge is 2.36. The van der Waals surface area contributed by atoms with Gasteiger partial charge < -0.3 is 9.64 Å². The van der Waals surface area contributed by atoms with E-state index >= 15 is 0 Å². The largest absolute Gasteiger partial charge is 0.373 e. The van der Waals surface area contributed by atoms with E-state index in [1.807, 2.05) is 19.2 Å². The minimum absolute atomic E-state index is 0.189. The molecule has 0 N–H and O–H groups in total. The summed E-state index contributed by atoms with van der Waals surface area (Å²) in [6, 6.07) is 16.8. The molecule has 0 bridgehead atoms. The molecule has 22 heavy (non-hydrogen) atoms. The number of anilines is 1. The van der Waals surface area contributed by atoms with Crippen molar-refractivity contribution in [2.75, 3.05) is 25.1 Å². The van der Waals surface area contributed by atoms with Crippen LogP contribution in [-0.4, -0.2) is 20.2 Å². The third kappa shape index (κ3) is 2.99. The van der Waals surface area contributed by atoms with Crippen LogP contribution < -0.4 is 4.90 Å². The van der Waals surface area contributed by atoms with E-state index in [4.69, 9.17) is 16.3 Å². The second-order valence-corrected chi connectivity index (χ2v) is 6.46. The van der Waals surface area contributed by atoms with Gasteiger partial charge in [-0.05, 0) is 49.6 Å². The van der Waals surface area contributed by atoms with Gasteiger partial charge in [-0.3, -0.25) is 0 Å². The maximum atomic E-state index is 6.01. The first-order valence-corrected chi connectivity index (χ1v) is 8.14. The Balaban J connectivity index is 1.76. The minimum atomic E-state index is -0.189. The van der Waals surface area contributed by atoms with Gasteiger partial charge in [-0.25, -0.2) is 0 Å². The second kappa shape index (κ2) is 6.31. The minimum Gasteiger partial charge on any atom is -0.373 e. The number of nitrogens with zero attached hydrogens (tertiary/aromatic N) is 1. The van der Waals surface area contributed by atoms with Gasteiger partial charge in [-0.1, -0.05) is 41.4 Å². The highest BCUT2D eigenvalue weighted by atomic mass is 35.5. The summed E-state index contributed by atoms with van der Waals surface area (Å²) in [5.41, 5.74) is 3.63. The predicted octanol–water partition coefficient (Wildman–Crippen LogP) is 4.79. The Morgan fingerprint density at radius 3 is 2.09 bits per heavy atom. The van der Waals surface area contributed by atoms with Gasteiger partial charge >= 0.3 is 0 Å². The Bertz CT molecular complexity index is 613. The Morgan fingerprint density at radius 2 is 1.55 bits per heavy atom. The van der Waals surface area contributed by atoms with Crippen molar-refractivity contribution in [1.82, 2.24) is 0 Å². The molecule has 1 heterocycles. The molecule has 2 aromatic rings. The normalized spacial score (nSPS) is 17.5. The van der Waals surface area contributed by atoms with Crippen LogP contribution in [0.25, 0.3) is 0 Å². The molecule has 0 aromatic heterocycles. The zero-order valence-electron chi connectivity index (χ0n) is 13.2. The third-order valence-electron chi connectivity index (χ3n) is 4.73. The third-order valence-corrected chi connectivity index (χ3v) is 4.98. The van der Waals surface area contributed by atoms with Crippen molar-refractivity contribution >= 4 is 17.3 Å². The lowest BCUT2D eigenvalue weighted by atomic mass is 9.84. The van der Waals surface area contributed by atoms with Crippen LogP contribution in [0, 0.1) is 6.92 Å². The summed E-state index contributed by atoms with van der Waals surface area (Å²) < 4.78 is 5.94. The molecule has 3 rings (SSSR count). The smallest absolute Gasteiger partial charge is 0.0961 e. The Hall–Kier alpha value is -1.51. The van der Waals surface area contributed by atoms with E-state index < -0.39 is 0 Å². The number of ether oxygens (including phenoxy) is 1. The highest BCUT2D eigenvalue weighted by molar-refractivity contribution is 6.30. The summed E-state index contributed by atoms with van der Waals surface area (Å²) >= 11 is 6.01. The Kier molecular flexibility index (Phi) is 4.42. The molecule has 0 saturated carbocycles. The summed E-state index contributed by atoms with van der Waals surface area (Å²) in [6.45, 7) is 4.12. The standard InChI is InChI=1S/C19H22ClNO/c1-15-3-9-18(10-4-15)21-13-11-19(22-2,12-14-21)16-5-7-17(20)8-6-16/h3-10H,11-14H2,1-2H3. The van der Waals surface area contributed by atoms with Crippen molar-refractivity contribution in [2.45, 2.75) is 25.4 Å². The van der Waals surface area contributed by atoms with Crippen LogP contribution in [0.1, 0.15) is 24.0 Å². The zero-order valence-corrected chi connectivity index (χ0v) is 13.9. The first-order chi connectivity index (χ1) is 10.6. The van der Waals surface area contributed by atoms with E-state index in [2.05, 4.69) is 48.2 Å². The van der Waals surface area contributed by atoms with Crippen molar-refractivity contribution in [3.05, 3.63) is 64.7 Å². The van der Waals surface area contributed by atoms with Crippen LogP contribution in [0.5, 0.6) is 0 Å². The van der Waals surface area contributed by atoms with E-state index in [0.29, 0.717) is 0 Å². The molecular weight excluding hydrogens is 294 g/mol. The summed E-state index contributed by atoms with van der Waals surface area (Å²) in [7, 11) is 1.82. The first kappa shape index (κ1) is 15.4. The van der Waals surface area contributed by atoms with Gasteiger partial charge in [-0.2, -0.15) is 0 Å². The van der Waals surface area contributed by atoms with Crippen molar-refractivity contribution in [3.63, 3.8) is 0 Å². The maximum Gasteiger partial charge on any atom is 0.0961 e. The van der Waals surface area contributed by atoms with Crippen molar-refractivity contribution in [3.8, 4) is 0 Å². The summed E-state index contributed by atoms with van der Waals surface area (Å²) in [4.78, 5) is 2.44. The van der Waals surface area contributed by atoms with Crippen LogP contribution >= 0.6 is 11.6 Å². The number of piperidine rings is 1. The zero-order chi connectivity index (χ0) is 15.6. The van der Waals surface area contributed by atoms with Gasteiger partial charge in [0.2, 0.25) is 0 Å². The van der Waals surface area contributed by atoms with Gasteiger partial charge in [0.25, 0.3) is 0 Å². The fraction of sp³-hybridized carbons (Fsp3) is 0.368. The van der Waals surface area contributed by atoms with Gasteiger partial charge in [-0.15, -0.1) is 0 Å². The Morgan fingerprint density at radius 1 is 0.955 bits per heavy atom. The summed E-state index contributed by atoms with van der Waals surface area (Å²) in [5, 5.41) is 0.770. The average molecular weight is 316 g/mol. The number of aryl methyl sites for hydroxylation is 1. The number of methoxy groups -OCH3 is 1. The quantitative estimate of drug-likeness (QED) is 0.807. The topological polar surface area (TPSA) is 12.5 Å². The van der Waals surface area contributed by atoms with E-state index in [9.17, 15) is 0 Å². The van der Waals surface area contributed by atoms with Gasteiger partial charge in [0.1, 0.15) is 0 Å². The van der Waals surface area contributed by atoms with Crippen molar-refractivity contribution < 1.29 is 4.74 Å². The molecule has 0 atom stereocenters. The molecule has 3 heteroatoms. The van der Waals surface area contributed by atoms with Crippen molar-refractivity contribution in [1.29, 1.82) is 0 Å².